The number of carbonyl (C=O) groups excluding carboxylic acids is 2. The van der Waals surface area contributed by atoms with Gasteiger partial charge in [-0.15, -0.1) is 0 Å². The molecular formula is C23H24N4O2. The second-order valence-corrected chi connectivity index (χ2v) is 6.73. The number of aromatic nitrogens is 2. The van der Waals surface area contributed by atoms with Gasteiger partial charge in [0.1, 0.15) is 12.1 Å². The van der Waals surface area contributed by atoms with Gasteiger partial charge in [-0.05, 0) is 31.0 Å². The molecule has 2 N–H and O–H groups in total. The number of rotatable bonds is 8. The maximum Gasteiger partial charge on any atom is 0.224 e. The first kappa shape index (κ1) is 20.2. The average molecular weight is 388 g/mol. The monoisotopic (exact) mass is 388 g/mol. The largest absolute Gasteiger partial charge is 0.340 e. The van der Waals surface area contributed by atoms with Crippen LogP contribution in [0.1, 0.15) is 41.4 Å². The Morgan fingerprint density at radius 3 is 2.48 bits per heavy atom. The number of amides is 1. The van der Waals surface area contributed by atoms with Crippen LogP contribution >= 0.6 is 0 Å². The molecule has 0 saturated carbocycles. The summed E-state index contributed by atoms with van der Waals surface area (Å²) in [5.74, 6) is 0.470. The van der Waals surface area contributed by atoms with Crippen LogP contribution in [-0.2, 0) is 11.2 Å². The number of anilines is 3. The summed E-state index contributed by atoms with van der Waals surface area (Å²) < 4.78 is 0. The molecule has 0 aliphatic rings. The third kappa shape index (κ3) is 5.72. The van der Waals surface area contributed by atoms with Crippen LogP contribution in [0, 0.1) is 6.92 Å². The molecule has 148 valence electrons. The summed E-state index contributed by atoms with van der Waals surface area (Å²) in [7, 11) is 0. The summed E-state index contributed by atoms with van der Waals surface area (Å²) in [5.41, 5.74) is 4.07. The summed E-state index contributed by atoms with van der Waals surface area (Å²) in [6.07, 6.45) is 2.60. The number of ketones is 1. The highest BCUT2D eigenvalue weighted by molar-refractivity contribution is 6.00. The van der Waals surface area contributed by atoms with Crippen LogP contribution in [0.2, 0.25) is 0 Å². The smallest absolute Gasteiger partial charge is 0.224 e. The van der Waals surface area contributed by atoms with Crippen LogP contribution in [0.25, 0.3) is 0 Å². The van der Waals surface area contributed by atoms with Crippen molar-refractivity contribution in [3.05, 3.63) is 77.7 Å². The highest BCUT2D eigenvalue weighted by Crippen LogP contribution is 2.24. The number of nitrogens with one attached hydrogen (secondary N) is 2. The van der Waals surface area contributed by atoms with Crippen molar-refractivity contribution in [1.29, 1.82) is 0 Å². The van der Waals surface area contributed by atoms with Crippen molar-refractivity contribution < 1.29 is 9.59 Å². The van der Waals surface area contributed by atoms with Gasteiger partial charge in [-0.3, -0.25) is 9.59 Å². The Balaban J connectivity index is 1.65. The second-order valence-electron chi connectivity index (χ2n) is 6.73. The highest BCUT2D eigenvalue weighted by atomic mass is 16.2. The highest BCUT2D eigenvalue weighted by Gasteiger charge is 2.11. The van der Waals surface area contributed by atoms with Gasteiger partial charge in [0.25, 0.3) is 0 Å². The van der Waals surface area contributed by atoms with Gasteiger partial charge in [0.15, 0.2) is 5.78 Å². The molecule has 2 aromatic carbocycles. The van der Waals surface area contributed by atoms with Crippen LogP contribution in [0.5, 0.6) is 0 Å². The standard InChI is InChI=1S/C23H24N4O2/c1-3-17-9-10-19(26-22-13-16(2)24-15-25-22)14-20(17)27-23(29)12-11-21(28)18-7-5-4-6-8-18/h4-10,13-15H,3,11-12H2,1-2H3,(H,27,29)(H,24,25,26). The van der Waals surface area contributed by atoms with Gasteiger partial charge in [-0.25, -0.2) is 9.97 Å². The fourth-order valence-corrected chi connectivity index (χ4v) is 2.96. The van der Waals surface area contributed by atoms with Gasteiger partial charge < -0.3 is 10.6 Å². The first-order valence-corrected chi connectivity index (χ1v) is 9.62. The molecule has 0 unspecified atom stereocenters. The SMILES string of the molecule is CCc1ccc(Nc2cc(C)ncn2)cc1NC(=O)CCC(=O)c1ccccc1. The molecule has 0 bridgehead atoms. The summed E-state index contributed by atoms with van der Waals surface area (Å²) in [6, 6.07) is 16.7. The zero-order valence-corrected chi connectivity index (χ0v) is 16.6. The molecule has 29 heavy (non-hydrogen) atoms. The molecule has 6 nitrogen and oxygen atoms in total. The summed E-state index contributed by atoms with van der Waals surface area (Å²) in [4.78, 5) is 32.9. The summed E-state index contributed by atoms with van der Waals surface area (Å²) in [6.45, 7) is 3.93. The molecule has 0 spiro atoms. The molecular weight excluding hydrogens is 364 g/mol. The average Bonchev–Trinajstić information content (AvgIpc) is 2.73. The molecule has 0 atom stereocenters. The zero-order chi connectivity index (χ0) is 20.6. The first-order chi connectivity index (χ1) is 14.0. The second kappa shape index (κ2) is 9.59. The van der Waals surface area contributed by atoms with Crippen molar-refractivity contribution in [1.82, 2.24) is 9.97 Å². The predicted octanol–water partition coefficient (Wildman–Crippen LogP) is 4.69. The molecule has 0 fully saturated rings. The minimum atomic E-state index is -0.181. The zero-order valence-electron chi connectivity index (χ0n) is 16.6. The van der Waals surface area contributed by atoms with Crippen molar-refractivity contribution in [2.45, 2.75) is 33.1 Å². The molecule has 0 aliphatic heterocycles. The number of carbonyl (C=O) groups is 2. The first-order valence-electron chi connectivity index (χ1n) is 9.62. The Hall–Kier alpha value is -3.54. The van der Waals surface area contributed by atoms with E-state index in [0.717, 1.165) is 29.1 Å². The van der Waals surface area contributed by atoms with Crippen LogP contribution in [0.15, 0.2) is 60.9 Å². The van der Waals surface area contributed by atoms with Gasteiger partial charge in [0, 0.05) is 41.5 Å². The van der Waals surface area contributed by atoms with E-state index in [1.54, 1.807) is 12.1 Å². The lowest BCUT2D eigenvalue weighted by molar-refractivity contribution is -0.116. The quantitative estimate of drug-likeness (QED) is 0.547. The third-order valence-electron chi connectivity index (χ3n) is 4.52. The molecule has 0 radical (unpaired) electrons. The van der Waals surface area contributed by atoms with E-state index in [9.17, 15) is 9.59 Å². The lowest BCUT2D eigenvalue weighted by atomic mass is 10.1. The topological polar surface area (TPSA) is 84.0 Å². The van der Waals surface area contributed by atoms with E-state index in [4.69, 9.17) is 0 Å². The summed E-state index contributed by atoms with van der Waals surface area (Å²) in [5, 5.41) is 6.17. The van der Waals surface area contributed by atoms with Gasteiger partial charge >= 0.3 is 0 Å². The van der Waals surface area contributed by atoms with Gasteiger partial charge in [0.2, 0.25) is 5.91 Å². The Bertz CT molecular complexity index is 1000. The number of Topliss-reactive ketones (excluding diaryl/α,β-unsaturated/α-hetero) is 1. The normalized spacial score (nSPS) is 10.4. The van der Waals surface area contributed by atoms with Crippen LogP contribution in [0.3, 0.4) is 0 Å². The number of aryl methyl sites for hydroxylation is 2. The lowest BCUT2D eigenvalue weighted by Crippen LogP contribution is -2.15. The van der Waals surface area contributed by atoms with Crippen molar-refractivity contribution in [2.24, 2.45) is 0 Å². The number of benzene rings is 2. The minimum Gasteiger partial charge on any atom is -0.340 e. The number of nitrogens with zero attached hydrogens (tertiary/aromatic N) is 2. The summed E-state index contributed by atoms with van der Waals surface area (Å²) >= 11 is 0. The van der Waals surface area contributed by atoms with E-state index in [1.165, 1.54) is 6.33 Å². The number of hydrogen-bond donors (Lipinski definition) is 2. The fraction of sp³-hybridized carbons (Fsp3) is 0.217. The van der Waals surface area contributed by atoms with E-state index in [1.807, 2.05) is 56.3 Å². The van der Waals surface area contributed by atoms with Crippen LogP contribution in [-0.4, -0.2) is 21.7 Å². The van der Waals surface area contributed by atoms with E-state index < -0.39 is 0 Å². The maximum atomic E-state index is 12.4. The van der Waals surface area contributed by atoms with Crippen LogP contribution < -0.4 is 10.6 Å². The molecule has 1 amide bonds. The fourth-order valence-electron chi connectivity index (χ4n) is 2.96. The Morgan fingerprint density at radius 2 is 1.76 bits per heavy atom. The Morgan fingerprint density at radius 1 is 0.966 bits per heavy atom. The van der Waals surface area contributed by atoms with Gasteiger partial charge in [-0.2, -0.15) is 0 Å². The van der Waals surface area contributed by atoms with E-state index in [0.29, 0.717) is 11.4 Å². The molecule has 0 saturated heterocycles. The molecule has 6 heteroatoms. The van der Waals surface area contributed by atoms with Crippen molar-refractivity contribution in [3.63, 3.8) is 0 Å². The molecule has 3 aromatic rings. The Labute approximate surface area is 170 Å². The van der Waals surface area contributed by atoms with E-state index in [2.05, 4.69) is 20.6 Å². The molecule has 1 aromatic heterocycles. The molecule has 1 heterocycles. The van der Waals surface area contributed by atoms with Crippen molar-refractivity contribution >= 4 is 28.9 Å². The third-order valence-corrected chi connectivity index (χ3v) is 4.52. The maximum absolute atomic E-state index is 12.4. The Kier molecular flexibility index (Phi) is 6.68. The van der Waals surface area contributed by atoms with E-state index >= 15 is 0 Å². The van der Waals surface area contributed by atoms with E-state index in [-0.39, 0.29) is 24.5 Å². The van der Waals surface area contributed by atoms with Crippen molar-refractivity contribution in [3.8, 4) is 0 Å². The van der Waals surface area contributed by atoms with Gasteiger partial charge in [-0.1, -0.05) is 43.3 Å². The van der Waals surface area contributed by atoms with Crippen LogP contribution in [0.4, 0.5) is 17.2 Å². The number of hydrogen-bond acceptors (Lipinski definition) is 5. The predicted molar refractivity (Wildman–Crippen MR) is 115 cm³/mol. The molecule has 3 rings (SSSR count). The van der Waals surface area contributed by atoms with Gasteiger partial charge in [0.05, 0.1) is 0 Å². The minimum absolute atomic E-state index is 0.0361. The van der Waals surface area contributed by atoms with Crippen molar-refractivity contribution in [2.75, 3.05) is 10.6 Å². The molecule has 0 aliphatic carbocycles. The lowest BCUT2D eigenvalue weighted by Gasteiger charge is -2.13.